The maximum Gasteiger partial charge on any atom is 0.0471 e. The fourth-order valence-electron chi connectivity index (χ4n) is 1.27. The zero-order valence-electron chi connectivity index (χ0n) is 9.84. The van der Waals surface area contributed by atoms with E-state index in [1.54, 1.807) is 0 Å². The summed E-state index contributed by atoms with van der Waals surface area (Å²) in [5.41, 5.74) is 2.28. The number of hydrogen-bond acceptors (Lipinski definition) is 2. The van der Waals surface area contributed by atoms with Gasteiger partial charge in [-0.1, -0.05) is 31.5 Å². The molecule has 0 spiro atoms. The molecule has 0 saturated heterocycles. The van der Waals surface area contributed by atoms with Crippen LogP contribution in [0.15, 0.2) is 18.2 Å². The van der Waals surface area contributed by atoms with Crippen molar-refractivity contribution in [2.24, 2.45) is 0 Å². The van der Waals surface area contributed by atoms with Crippen molar-refractivity contribution in [1.82, 2.24) is 5.32 Å². The minimum absolute atomic E-state index is 0.481. The number of benzene rings is 1. The Morgan fingerprint density at radius 2 is 2.00 bits per heavy atom. The molecule has 0 atom stereocenters. The molecule has 0 radical (unpaired) electrons. The first-order chi connectivity index (χ1) is 7.00. The predicted octanol–water partition coefficient (Wildman–Crippen LogP) is 2.90. The molecule has 0 fully saturated rings. The fourth-order valence-corrected chi connectivity index (χ4v) is 1.51. The summed E-state index contributed by atoms with van der Waals surface area (Å²) >= 11 is 6.19. The molecule has 0 unspecified atom stereocenters. The number of nitrogens with one attached hydrogen (secondary N) is 1. The van der Waals surface area contributed by atoms with Crippen molar-refractivity contribution in [2.75, 3.05) is 19.0 Å². The van der Waals surface area contributed by atoms with Crippen LogP contribution in [0.1, 0.15) is 19.4 Å². The number of anilines is 1. The predicted molar refractivity (Wildman–Crippen MR) is 67.8 cm³/mol. The highest BCUT2D eigenvalue weighted by Crippen LogP contribution is 2.22. The second kappa shape index (κ2) is 5.38. The second-order valence-corrected chi connectivity index (χ2v) is 4.61. The third kappa shape index (κ3) is 3.73. The van der Waals surface area contributed by atoms with Gasteiger partial charge in [0.25, 0.3) is 0 Å². The summed E-state index contributed by atoms with van der Waals surface area (Å²) in [4.78, 5) is 2.05. The molecule has 2 nitrogen and oxygen atoms in total. The highest BCUT2D eigenvalue weighted by atomic mass is 35.5. The van der Waals surface area contributed by atoms with Gasteiger partial charge in [0.1, 0.15) is 0 Å². The van der Waals surface area contributed by atoms with E-state index in [0.29, 0.717) is 6.04 Å². The lowest BCUT2D eigenvalue weighted by Gasteiger charge is -2.15. The van der Waals surface area contributed by atoms with Crippen molar-refractivity contribution in [3.8, 4) is 0 Å². The van der Waals surface area contributed by atoms with Crippen molar-refractivity contribution in [3.63, 3.8) is 0 Å². The monoisotopic (exact) mass is 226 g/mol. The molecule has 84 valence electrons. The van der Waals surface area contributed by atoms with Crippen molar-refractivity contribution in [3.05, 3.63) is 28.8 Å². The van der Waals surface area contributed by atoms with Gasteiger partial charge < -0.3 is 10.2 Å². The number of rotatable bonds is 4. The van der Waals surface area contributed by atoms with Crippen molar-refractivity contribution >= 4 is 17.3 Å². The topological polar surface area (TPSA) is 15.3 Å². The summed E-state index contributed by atoms with van der Waals surface area (Å²) in [6.07, 6.45) is 0. The van der Waals surface area contributed by atoms with Crippen LogP contribution >= 0.6 is 11.6 Å². The van der Waals surface area contributed by atoms with E-state index in [2.05, 4.69) is 31.3 Å². The zero-order chi connectivity index (χ0) is 11.4. The average Bonchev–Trinajstić information content (AvgIpc) is 2.15. The van der Waals surface area contributed by atoms with Gasteiger partial charge in [0.15, 0.2) is 0 Å². The fraction of sp³-hybridized carbons (Fsp3) is 0.500. The van der Waals surface area contributed by atoms with Gasteiger partial charge in [-0.2, -0.15) is 0 Å². The van der Waals surface area contributed by atoms with Gasteiger partial charge in [-0.05, 0) is 17.7 Å². The van der Waals surface area contributed by atoms with E-state index in [0.717, 1.165) is 22.8 Å². The van der Waals surface area contributed by atoms with Crippen molar-refractivity contribution < 1.29 is 0 Å². The van der Waals surface area contributed by atoms with Crippen LogP contribution in [0.5, 0.6) is 0 Å². The molecule has 1 rings (SSSR count). The molecule has 0 aliphatic carbocycles. The van der Waals surface area contributed by atoms with E-state index in [4.69, 9.17) is 11.6 Å². The molecular weight excluding hydrogens is 208 g/mol. The molecule has 0 amide bonds. The Hall–Kier alpha value is -0.730. The first kappa shape index (κ1) is 12.3. The summed E-state index contributed by atoms with van der Waals surface area (Å²) in [5.74, 6) is 0. The normalized spacial score (nSPS) is 10.8. The largest absolute Gasteiger partial charge is 0.378 e. The average molecular weight is 227 g/mol. The van der Waals surface area contributed by atoms with E-state index in [-0.39, 0.29) is 0 Å². The van der Waals surface area contributed by atoms with Gasteiger partial charge in [0.05, 0.1) is 0 Å². The van der Waals surface area contributed by atoms with Crippen LogP contribution in [-0.4, -0.2) is 20.1 Å². The van der Waals surface area contributed by atoms with Gasteiger partial charge in [0.2, 0.25) is 0 Å². The first-order valence-corrected chi connectivity index (χ1v) is 5.57. The summed E-state index contributed by atoms with van der Waals surface area (Å²) in [7, 11) is 4.02. The Morgan fingerprint density at radius 3 is 2.47 bits per heavy atom. The lowest BCUT2D eigenvalue weighted by molar-refractivity contribution is 0.589. The molecule has 0 bridgehead atoms. The van der Waals surface area contributed by atoms with Crippen LogP contribution in [-0.2, 0) is 6.54 Å². The lowest BCUT2D eigenvalue weighted by Crippen LogP contribution is -2.22. The quantitative estimate of drug-likeness (QED) is 0.850. The van der Waals surface area contributed by atoms with Crippen LogP contribution in [0.3, 0.4) is 0 Å². The Kier molecular flexibility index (Phi) is 4.43. The van der Waals surface area contributed by atoms with E-state index in [9.17, 15) is 0 Å². The highest BCUT2D eigenvalue weighted by Gasteiger charge is 2.03. The van der Waals surface area contributed by atoms with Gasteiger partial charge in [-0.3, -0.25) is 0 Å². The van der Waals surface area contributed by atoms with E-state index in [1.807, 2.05) is 25.1 Å². The van der Waals surface area contributed by atoms with E-state index >= 15 is 0 Å². The molecule has 0 heterocycles. The third-order valence-corrected chi connectivity index (χ3v) is 2.61. The van der Waals surface area contributed by atoms with Gasteiger partial charge >= 0.3 is 0 Å². The van der Waals surface area contributed by atoms with Gasteiger partial charge in [0, 0.05) is 37.4 Å². The van der Waals surface area contributed by atoms with E-state index in [1.165, 1.54) is 0 Å². The second-order valence-electron chi connectivity index (χ2n) is 4.21. The molecule has 0 saturated carbocycles. The van der Waals surface area contributed by atoms with Crippen LogP contribution < -0.4 is 10.2 Å². The van der Waals surface area contributed by atoms with E-state index < -0.39 is 0 Å². The van der Waals surface area contributed by atoms with Crippen LogP contribution in [0.25, 0.3) is 0 Å². The smallest absolute Gasteiger partial charge is 0.0471 e. The van der Waals surface area contributed by atoms with Crippen molar-refractivity contribution in [1.29, 1.82) is 0 Å². The third-order valence-electron chi connectivity index (χ3n) is 2.25. The Bertz CT molecular complexity index is 321. The number of nitrogens with zero attached hydrogens (tertiary/aromatic N) is 1. The maximum absolute atomic E-state index is 6.19. The number of hydrogen-bond donors (Lipinski definition) is 1. The molecular formula is C12H19ClN2. The molecule has 1 aromatic rings. The SMILES string of the molecule is CC(C)NCc1ccc(N(C)C)cc1Cl. The summed E-state index contributed by atoms with van der Waals surface area (Å²) in [6, 6.07) is 6.64. The molecule has 3 heteroatoms. The Balaban J connectivity index is 2.75. The lowest BCUT2D eigenvalue weighted by atomic mass is 10.2. The Morgan fingerprint density at radius 1 is 1.33 bits per heavy atom. The molecule has 0 aromatic heterocycles. The standard InChI is InChI=1S/C12H19ClN2/c1-9(2)14-8-10-5-6-11(15(3)4)7-12(10)13/h5-7,9,14H,8H2,1-4H3. The van der Waals surface area contributed by atoms with Crippen LogP contribution in [0.4, 0.5) is 5.69 Å². The molecule has 0 aliphatic heterocycles. The maximum atomic E-state index is 6.19. The first-order valence-electron chi connectivity index (χ1n) is 5.20. The summed E-state index contributed by atoms with van der Waals surface area (Å²) in [5, 5.41) is 4.18. The molecule has 1 aromatic carbocycles. The van der Waals surface area contributed by atoms with Gasteiger partial charge in [-0.25, -0.2) is 0 Å². The van der Waals surface area contributed by atoms with Gasteiger partial charge in [-0.15, -0.1) is 0 Å². The van der Waals surface area contributed by atoms with Crippen LogP contribution in [0.2, 0.25) is 5.02 Å². The minimum Gasteiger partial charge on any atom is -0.378 e. The summed E-state index contributed by atoms with van der Waals surface area (Å²) < 4.78 is 0. The zero-order valence-corrected chi connectivity index (χ0v) is 10.6. The van der Waals surface area contributed by atoms with Crippen LogP contribution in [0, 0.1) is 0 Å². The Labute approximate surface area is 97.2 Å². The highest BCUT2D eigenvalue weighted by molar-refractivity contribution is 6.31. The number of halogens is 1. The van der Waals surface area contributed by atoms with Crippen molar-refractivity contribution in [2.45, 2.75) is 26.4 Å². The molecule has 0 aliphatic rings. The minimum atomic E-state index is 0.481. The molecule has 1 N–H and O–H groups in total. The summed E-state index contributed by atoms with van der Waals surface area (Å²) in [6.45, 7) is 5.08. The molecule has 15 heavy (non-hydrogen) atoms.